The summed E-state index contributed by atoms with van der Waals surface area (Å²) < 4.78 is 17.3. The van der Waals surface area contributed by atoms with Gasteiger partial charge in [0.15, 0.2) is 6.10 Å². The largest absolute Gasteiger partial charge is 0.467 e. The van der Waals surface area contributed by atoms with Gasteiger partial charge in [0.25, 0.3) is 0 Å². The zero-order valence-corrected chi connectivity index (χ0v) is 11.1. The number of ether oxygens (including phenoxy) is 1. The molecule has 2 N–H and O–H groups in total. The number of nitrogens with one attached hydrogen (secondary N) is 1. The Balaban J connectivity index is 1.98. The zero-order chi connectivity index (χ0) is 14.8. The van der Waals surface area contributed by atoms with Gasteiger partial charge in [-0.15, -0.1) is 0 Å². The Labute approximate surface area is 115 Å². The minimum Gasteiger partial charge on any atom is -0.467 e. The molecule has 1 aromatic rings. The van der Waals surface area contributed by atoms with Crippen molar-refractivity contribution in [1.82, 2.24) is 5.32 Å². The highest BCUT2D eigenvalue weighted by molar-refractivity contribution is 5.91. The lowest BCUT2D eigenvalue weighted by atomic mass is 9.95. The number of hydrogen-bond acceptors (Lipinski definition) is 4. The van der Waals surface area contributed by atoms with Gasteiger partial charge in [0.05, 0.1) is 19.1 Å². The monoisotopic (exact) mass is 281 g/mol. The lowest BCUT2D eigenvalue weighted by Gasteiger charge is -2.17. The molecule has 0 aromatic heterocycles. The summed E-state index contributed by atoms with van der Waals surface area (Å²) in [6.07, 6.45) is -0.0506. The first kappa shape index (κ1) is 14.5. The number of rotatable bonds is 5. The number of carbonyl (C=O) groups is 2. The Bertz CT molecular complexity index is 510. The van der Waals surface area contributed by atoms with Crippen LogP contribution < -0.4 is 5.32 Å². The van der Waals surface area contributed by atoms with Crippen molar-refractivity contribution < 1.29 is 23.8 Å². The maximum Gasteiger partial charge on any atom is 0.336 e. The van der Waals surface area contributed by atoms with Crippen LogP contribution in [0.25, 0.3) is 0 Å². The second-order valence-corrected chi connectivity index (χ2v) is 4.84. The van der Waals surface area contributed by atoms with Crippen molar-refractivity contribution in [2.75, 3.05) is 13.7 Å². The third-order valence-electron chi connectivity index (χ3n) is 3.51. The number of hydrogen-bond donors (Lipinski definition) is 2. The minimum absolute atomic E-state index is 0.200. The van der Waals surface area contributed by atoms with Gasteiger partial charge in [0.1, 0.15) is 5.82 Å². The highest BCUT2D eigenvalue weighted by Crippen LogP contribution is 2.48. The molecule has 1 aliphatic rings. The van der Waals surface area contributed by atoms with E-state index in [1.165, 1.54) is 12.1 Å². The van der Waals surface area contributed by atoms with Gasteiger partial charge in [-0.3, -0.25) is 4.79 Å². The van der Waals surface area contributed by atoms with Crippen molar-refractivity contribution in [1.29, 1.82) is 0 Å². The van der Waals surface area contributed by atoms with Gasteiger partial charge in [0, 0.05) is 0 Å². The van der Waals surface area contributed by atoms with Crippen LogP contribution in [0.4, 0.5) is 4.39 Å². The number of methoxy groups -OCH3 is 1. The van der Waals surface area contributed by atoms with Crippen LogP contribution >= 0.6 is 0 Å². The summed E-state index contributed by atoms with van der Waals surface area (Å²) in [5, 5.41) is 12.0. The van der Waals surface area contributed by atoms with Gasteiger partial charge < -0.3 is 15.2 Å². The molecule has 0 spiro atoms. The van der Waals surface area contributed by atoms with Crippen LogP contribution in [0.15, 0.2) is 24.3 Å². The van der Waals surface area contributed by atoms with E-state index in [2.05, 4.69) is 10.1 Å². The van der Waals surface area contributed by atoms with Gasteiger partial charge in [-0.1, -0.05) is 12.1 Å². The van der Waals surface area contributed by atoms with Crippen LogP contribution in [0.3, 0.4) is 0 Å². The molecule has 1 atom stereocenters. The van der Waals surface area contributed by atoms with E-state index in [1.54, 1.807) is 12.1 Å². The first-order valence-electron chi connectivity index (χ1n) is 6.30. The Kier molecular flexibility index (Phi) is 4.04. The molecule has 0 aliphatic heterocycles. The topological polar surface area (TPSA) is 75.6 Å². The summed E-state index contributed by atoms with van der Waals surface area (Å²) in [5.41, 5.74) is 0.0766. The lowest BCUT2D eigenvalue weighted by molar-refractivity contribution is -0.150. The summed E-state index contributed by atoms with van der Waals surface area (Å²) in [6, 6.07) is 5.79. The molecule has 0 saturated heterocycles. The van der Waals surface area contributed by atoms with E-state index >= 15 is 0 Å². The van der Waals surface area contributed by atoms with Gasteiger partial charge >= 0.3 is 5.97 Å². The quantitative estimate of drug-likeness (QED) is 0.771. The van der Waals surface area contributed by atoms with E-state index in [0.29, 0.717) is 12.8 Å². The fourth-order valence-electron chi connectivity index (χ4n) is 2.12. The fourth-order valence-corrected chi connectivity index (χ4v) is 2.12. The molecule has 20 heavy (non-hydrogen) atoms. The molecule has 0 radical (unpaired) electrons. The number of aliphatic hydroxyl groups excluding tert-OH is 1. The Morgan fingerprint density at radius 1 is 1.40 bits per heavy atom. The molecule has 0 heterocycles. The Morgan fingerprint density at radius 2 is 2.00 bits per heavy atom. The second-order valence-electron chi connectivity index (χ2n) is 4.84. The summed E-state index contributed by atoms with van der Waals surface area (Å²) >= 11 is 0. The SMILES string of the molecule is COC(=O)C(O)CNC(=O)C1(c2ccc(F)cc2)CC1. The fraction of sp³-hybridized carbons (Fsp3) is 0.429. The van der Waals surface area contributed by atoms with Crippen LogP contribution in [-0.4, -0.2) is 36.7 Å². The van der Waals surface area contributed by atoms with E-state index in [4.69, 9.17) is 0 Å². The van der Waals surface area contributed by atoms with Crippen LogP contribution in [-0.2, 0) is 19.7 Å². The van der Waals surface area contributed by atoms with Gasteiger partial charge in [0.2, 0.25) is 5.91 Å². The molecule has 2 rings (SSSR count). The predicted molar refractivity (Wildman–Crippen MR) is 68.3 cm³/mol. The Hall–Kier alpha value is -1.95. The maximum atomic E-state index is 12.9. The number of esters is 1. The van der Waals surface area contributed by atoms with Crippen molar-refractivity contribution in [3.05, 3.63) is 35.6 Å². The van der Waals surface area contributed by atoms with Gasteiger partial charge in [-0.2, -0.15) is 0 Å². The number of aliphatic hydroxyl groups is 1. The van der Waals surface area contributed by atoms with E-state index in [9.17, 15) is 19.1 Å². The van der Waals surface area contributed by atoms with Crippen molar-refractivity contribution in [3.8, 4) is 0 Å². The van der Waals surface area contributed by atoms with Crippen molar-refractivity contribution in [3.63, 3.8) is 0 Å². The molecule has 1 amide bonds. The third kappa shape index (κ3) is 2.80. The highest BCUT2D eigenvalue weighted by Gasteiger charge is 2.51. The minimum atomic E-state index is -1.38. The molecule has 1 unspecified atom stereocenters. The lowest BCUT2D eigenvalue weighted by Crippen LogP contribution is -2.42. The zero-order valence-electron chi connectivity index (χ0n) is 11.1. The van der Waals surface area contributed by atoms with Crippen molar-refractivity contribution >= 4 is 11.9 Å². The molecule has 1 saturated carbocycles. The molecule has 1 fully saturated rings. The summed E-state index contributed by atoms with van der Waals surface area (Å²) in [4.78, 5) is 23.2. The first-order chi connectivity index (χ1) is 9.49. The summed E-state index contributed by atoms with van der Waals surface area (Å²) in [5.74, 6) is -1.42. The number of carbonyl (C=O) groups excluding carboxylic acids is 2. The van der Waals surface area contributed by atoms with Crippen LogP contribution in [0.2, 0.25) is 0 Å². The average Bonchev–Trinajstić information content (AvgIpc) is 3.25. The van der Waals surface area contributed by atoms with E-state index in [-0.39, 0.29) is 18.3 Å². The molecule has 1 aromatic carbocycles. The van der Waals surface area contributed by atoms with E-state index in [1.807, 2.05) is 0 Å². The van der Waals surface area contributed by atoms with Gasteiger partial charge in [-0.05, 0) is 30.5 Å². The van der Waals surface area contributed by atoms with Crippen LogP contribution in [0, 0.1) is 5.82 Å². The molecule has 108 valence electrons. The average molecular weight is 281 g/mol. The normalized spacial score (nSPS) is 17.1. The molecular weight excluding hydrogens is 265 g/mol. The number of halogens is 1. The smallest absolute Gasteiger partial charge is 0.336 e. The van der Waals surface area contributed by atoms with Gasteiger partial charge in [-0.25, -0.2) is 9.18 Å². The second kappa shape index (κ2) is 5.58. The van der Waals surface area contributed by atoms with Crippen LogP contribution in [0.1, 0.15) is 18.4 Å². The molecule has 0 bridgehead atoms. The van der Waals surface area contributed by atoms with Crippen molar-refractivity contribution in [2.45, 2.75) is 24.4 Å². The molecular formula is C14H16FNO4. The maximum absolute atomic E-state index is 12.9. The number of amides is 1. The van der Waals surface area contributed by atoms with Crippen LogP contribution in [0.5, 0.6) is 0 Å². The standard InChI is InChI=1S/C14H16FNO4/c1-20-12(18)11(17)8-16-13(19)14(6-7-14)9-2-4-10(15)5-3-9/h2-5,11,17H,6-8H2,1H3,(H,16,19). The third-order valence-corrected chi connectivity index (χ3v) is 3.51. The molecule has 1 aliphatic carbocycles. The summed E-state index contributed by atoms with van der Waals surface area (Å²) in [6.45, 7) is -0.200. The first-order valence-corrected chi connectivity index (χ1v) is 6.30. The highest BCUT2D eigenvalue weighted by atomic mass is 19.1. The van der Waals surface area contributed by atoms with E-state index < -0.39 is 17.5 Å². The summed E-state index contributed by atoms with van der Waals surface area (Å²) in [7, 11) is 1.16. The molecule has 5 nitrogen and oxygen atoms in total. The van der Waals surface area contributed by atoms with E-state index in [0.717, 1.165) is 12.7 Å². The Morgan fingerprint density at radius 3 is 2.50 bits per heavy atom. The number of benzene rings is 1. The molecule has 6 heteroatoms. The predicted octanol–water partition coefficient (Wildman–Crippen LogP) is 0.507. The van der Waals surface area contributed by atoms with Crippen molar-refractivity contribution in [2.24, 2.45) is 0 Å².